The summed E-state index contributed by atoms with van der Waals surface area (Å²) in [7, 11) is 0. The Morgan fingerprint density at radius 2 is 1.87 bits per heavy atom. The van der Waals surface area contributed by atoms with Crippen LogP contribution in [0.4, 0.5) is 0 Å². The molecule has 1 fully saturated rings. The smallest absolute Gasteiger partial charge is 0.231 e. The maximum Gasteiger partial charge on any atom is 0.231 e. The van der Waals surface area contributed by atoms with Crippen molar-refractivity contribution in [2.75, 3.05) is 6.79 Å². The molecule has 1 spiro atoms. The maximum absolute atomic E-state index is 10.1. The highest BCUT2D eigenvalue weighted by atomic mass is 16.7. The number of hydrogen-bond donors (Lipinski definition) is 1. The number of imidazole rings is 1. The summed E-state index contributed by atoms with van der Waals surface area (Å²) in [6, 6.07) is 12.2. The van der Waals surface area contributed by atoms with Gasteiger partial charge in [-0.15, -0.1) is 0 Å². The Labute approximate surface area is 175 Å². The standard InChI is InChI=1S/C24H25N3O3/c1-15-3-2-4-18(25-15)21-22(16-5-6-19-20(13-16)30-14-29-19)27-12-11-24(23(27)26-21)9-7-17(28)8-10-24/h2-6,13,17,28H,7-12,14H2,1H3. The van der Waals surface area contributed by atoms with Crippen molar-refractivity contribution in [1.29, 1.82) is 0 Å². The fourth-order valence-corrected chi connectivity index (χ4v) is 5.33. The van der Waals surface area contributed by atoms with Crippen molar-refractivity contribution in [1.82, 2.24) is 14.5 Å². The molecule has 0 amide bonds. The van der Waals surface area contributed by atoms with E-state index in [1.807, 2.05) is 31.2 Å². The SMILES string of the molecule is Cc1cccc(-c2nc3n(c2-c2ccc4c(c2)OCO4)CCC32CCC(O)CC2)n1. The second kappa shape index (κ2) is 6.57. The Balaban J connectivity index is 1.54. The molecule has 1 saturated carbocycles. The van der Waals surface area contributed by atoms with Crippen molar-refractivity contribution < 1.29 is 14.6 Å². The minimum absolute atomic E-state index is 0.0619. The van der Waals surface area contributed by atoms with Crippen molar-refractivity contribution >= 4 is 0 Å². The fourth-order valence-electron chi connectivity index (χ4n) is 5.33. The Bertz CT molecular complexity index is 1130. The first-order chi connectivity index (χ1) is 14.6. The average molecular weight is 403 g/mol. The summed E-state index contributed by atoms with van der Waals surface area (Å²) in [6.07, 6.45) is 4.60. The number of ether oxygens (including phenoxy) is 2. The van der Waals surface area contributed by atoms with E-state index < -0.39 is 0 Å². The molecular weight excluding hydrogens is 378 g/mol. The van der Waals surface area contributed by atoms with Gasteiger partial charge in [0.15, 0.2) is 11.5 Å². The number of nitrogens with zero attached hydrogens (tertiary/aromatic N) is 3. The lowest BCUT2D eigenvalue weighted by atomic mass is 9.72. The third kappa shape index (κ3) is 2.67. The van der Waals surface area contributed by atoms with Crippen molar-refractivity contribution in [3.05, 3.63) is 47.9 Å². The average Bonchev–Trinajstić information content (AvgIpc) is 3.45. The van der Waals surface area contributed by atoms with Gasteiger partial charge in [-0.25, -0.2) is 4.98 Å². The van der Waals surface area contributed by atoms with E-state index in [1.54, 1.807) is 0 Å². The lowest BCUT2D eigenvalue weighted by Crippen LogP contribution is -2.32. The van der Waals surface area contributed by atoms with E-state index in [4.69, 9.17) is 19.4 Å². The van der Waals surface area contributed by atoms with Gasteiger partial charge >= 0.3 is 0 Å². The number of benzene rings is 1. The molecule has 6 heteroatoms. The minimum atomic E-state index is -0.175. The van der Waals surface area contributed by atoms with Crippen molar-refractivity contribution in [2.24, 2.45) is 0 Å². The van der Waals surface area contributed by atoms with Crippen LogP contribution in [0.1, 0.15) is 43.6 Å². The lowest BCUT2D eigenvalue weighted by molar-refractivity contribution is 0.0942. The molecule has 1 N–H and O–H groups in total. The second-order valence-electron chi connectivity index (χ2n) is 8.78. The van der Waals surface area contributed by atoms with Crippen LogP contribution in [0, 0.1) is 6.92 Å². The Kier molecular flexibility index (Phi) is 3.93. The van der Waals surface area contributed by atoms with Crippen LogP contribution in [0.5, 0.6) is 11.5 Å². The van der Waals surface area contributed by atoms with Crippen LogP contribution in [0.25, 0.3) is 22.6 Å². The predicted octanol–water partition coefficient (Wildman–Crippen LogP) is 4.23. The molecule has 0 bridgehead atoms. The van der Waals surface area contributed by atoms with Gasteiger partial charge in [-0.2, -0.15) is 0 Å². The fraction of sp³-hybridized carbons (Fsp3) is 0.417. The molecule has 2 aromatic heterocycles. The molecule has 0 atom stereocenters. The first-order valence-electron chi connectivity index (χ1n) is 10.8. The highest BCUT2D eigenvalue weighted by Gasteiger charge is 2.45. The molecule has 3 aliphatic rings. The van der Waals surface area contributed by atoms with Crippen LogP contribution < -0.4 is 9.47 Å². The highest BCUT2D eigenvalue weighted by Crippen LogP contribution is 2.50. The van der Waals surface area contributed by atoms with E-state index in [-0.39, 0.29) is 18.3 Å². The molecule has 6 nitrogen and oxygen atoms in total. The molecule has 2 aliphatic heterocycles. The maximum atomic E-state index is 10.1. The molecule has 0 radical (unpaired) electrons. The van der Waals surface area contributed by atoms with Crippen molar-refractivity contribution in [2.45, 2.75) is 57.1 Å². The first-order valence-corrected chi connectivity index (χ1v) is 10.8. The number of rotatable bonds is 2. The first kappa shape index (κ1) is 18.0. The summed E-state index contributed by atoms with van der Waals surface area (Å²) in [5.41, 5.74) is 5.04. The third-order valence-electron chi connectivity index (χ3n) is 6.95. The summed E-state index contributed by atoms with van der Waals surface area (Å²) in [5, 5.41) is 10.1. The Hall–Kier alpha value is -2.86. The summed E-state index contributed by atoms with van der Waals surface area (Å²) < 4.78 is 13.5. The van der Waals surface area contributed by atoms with E-state index in [0.29, 0.717) is 0 Å². The highest BCUT2D eigenvalue weighted by molar-refractivity contribution is 5.79. The van der Waals surface area contributed by atoms with E-state index in [2.05, 4.69) is 16.7 Å². The number of aryl methyl sites for hydroxylation is 1. The molecule has 0 saturated heterocycles. The van der Waals surface area contributed by atoms with Crippen molar-refractivity contribution in [3.63, 3.8) is 0 Å². The molecule has 0 unspecified atom stereocenters. The molecule has 30 heavy (non-hydrogen) atoms. The van der Waals surface area contributed by atoms with Crippen LogP contribution >= 0.6 is 0 Å². The van der Waals surface area contributed by atoms with Gasteiger partial charge in [-0.3, -0.25) is 4.98 Å². The number of fused-ring (bicyclic) bond motifs is 3. The second-order valence-corrected chi connectivity index (χ2v) is 8.78. The van der Waals surface area contributed by atoms with Gasteiger partial charge in [0, 0.05) is 23.2 Å². The van der Waals surface area contributed by atoms with Gasteiger partial charge in [-0.05, 0) is 69.4 Å². The van der Waals surface area contributed by atoms with E-state index in [9.17, 15) is 5.11 Å². The molecule has 4 heterocycles. The number of hydrogen-bond acceptors (Lipinski definition) is 5. The molecule has 1 aliphatic carbocycles. The number of aromatic nitrogens is 3. The van der Waals surface area contributed by atoms with E-state index in [0.717, 1.165) is 84.3 Å². The summed E-state index contributed by atoms with van der Waals surface area (Å²) >= 11 is 0. The van der Waals surface area contributed by atoms with E-state index >= 15 is 0 Å². The lowest BCUT2D eigenvalue weighted by Gasteiger charge is -2.34. The summed E-state index contributed by atoms with van der Waals surface area (Å²) in [4.78, 5) is 10.0. The third-order valence-corrected chi connectivity index (χ3v) is 6.95. The van der Waals surface area contributed by atoms with Crippen LogP contribution in [-0.2, 0) is 12.0 Å². The predicted molar refractivity (Wildman–Crippen MR) is 113 cm³/mol. The normalized spacial score (nSPS) is 24.4. The van der Waals surface area contributed by atoms with Crippen LogP contribution in [0.2, 0.25) is 0 Å². The monoisotopic (exact) mass is 403 g/mol. The topological polar surface area (TPSA) is 69.4 Å². The van der Waals surface area contributed by atoms with Gasteiger partial charge in [0.2, 0.25) is 6.79 Å². The van der Waals surface area contributed by atoms with Gasteiger partial charge in [0.25, 0.3) is 0 Å². The molecule has 1 aromatic carbocycles. The zero-order valence-electron chi connectivity index (χ0n) is 17.1. The van der Waals surface area contributed by atoms with Gasteiger partial charge < -0.3 is 19.1 Å². The minimum Gasteiger partial charge on any atom is -0.454 e. The van der Waals surface area contributed by atoms with Gasteiger partial charge in [0.05, 0.1) is 17.5 Å². The summed E-state index contributed by atoms with van der Waals surface area (Å²) in [5.74, 6) is 2.72. The molecule has 154 valence electrons. The number of aliphatic hydroxyl groups is 1. The van der Waals surface area contributed by atoms with Gasteiger partial charge in [-0.1, -0.05) is 6.07 Å². The molecular formula is C24H25N3O3. The Morgan fingerprint density at radius 3 is 2.70 bits per heavy atom. The van der Waals surface area contributed by atoms with Crippen LogP contribution in [-0.4, -0.2) is 32.5 Å². The number of pyridine rings is 1. The molecule has 6 rings (SSSR count). The van der Waals surface area contributed by atoms with E-state index in [1.165, 1.54) is 0 Å². The molecule has 3 aromatic rings. The van der Waals surface area contributed by atoms with Gasteiger partial charge in [0.1, 0.15) is 11.5 Å². The zero-order valence-corrected chi connectivity index (χ0v) is 17.1. The Morgan fingerprint density at radius 1 is 1.03 bits per heavy atom. The van der Waals surface area contributed by atoms with Crippen LogP contribution in [0.15, 0.2) is 36.4 Å². The quantitative estimate of drug-likeness (QED) is 0.694. The summed E-state index contributed by atoms with van der Waals surface area (Å²) in [6.45, 7) is 3.21. The zero-order chi connectivity index (χ0) is 20.3. The van der Waals surface area contributed by atoms with Crippen molar-refractivity contribution in [3.8, 4) is 34.1 Å². The number of aliphatic hydroxyl groups excluding tert-OH is 1. The largest absolute Gasteiger partial charge is 0.454 e. The van der Waals surface area contributed by atoms with Crippen LogP contribution in [0.3, 0.4) is 0 Å².